The summed E-state index contributed by atoms with van der Waals surface area (Å²) in [4.78, 5) is 0. The van der Waals surface area contributed by atoms with Crippen LogP contribution in [0.3, 0.4) is 0 Å². The van der Waals surface area contributed by atoms with Crippen molar-refractivity contribution in [1.29, 1.82) is 0 Å². The molecule has 0 saturated carbocycles. The molecule has 0 aliphatic rings. The maximum atomic E-state index is 2.43. The number of halogens is 1. The molecule has 0 N–H and O–H groups in total. The zero-order chi connectivity index (χ0) is 13.8. The van der Waals surface area contributed by atoms with Crippen molar-refractivity contribution in [3.05, 3.63) is 57.2 Å². The quantitative estimate of drug-likeness (QED) is 0.609. The molecular weight excluding hydrogens is 343 g/mol. The van der Waals surface area contributed by atoms with E-state index in [0.717, 1.165) is 12.8 Å². The molecule has 0 nitrogen and oxygen atoms in total. The maximum absolute atomic E-state index is 2.43. The van der Waals surface area contributed by atoms with Gasteiger partial charge in [-0.3, -0.25) is 0 Å². The zero-order valence-electron chi connectivity index (χ0n) is 11.9. The molecule has 0 aromatic heterocycles. The third-order valence-corrected chi connectivity index (χ3v) is 4.29. The fourth-order valence-corrected chi connectivity index (χ4v) is 2.96. The van der Waals surface area contributed by atoms with Gasteiger partial charge in [-0.05, 0) is 69.7 Å². The average Bonchev–Trinajstić information content (AvgIpc) is 2.40. The number of benzene rings is 2. The molecule has 0 bridgehead atoms. The summed E-state index contributed by atoms with van der Waals surface area (Å²) in [5, 5.41) is 0. The van der Waals surface area contributed by atoms with Crippen LogP contribution in [0.5, 0.6) is 0 Å². The van der Waals surface area contributed by atoms with Crippen LogP contribution in [0.25, 0.3) is 11.1 Å². The molecule has 0 amide bonds. The molecule has 2 aromatic carbocycles. The van der Waals surface area contributed by atoms with Gasteiger partial charge < -0.3 is 0 Å². The van der Waals surface area contributed by atoms with Crippen LogP contribution in [0.2, 0.25) is 0 Å². The van der Waals surface area contributed by atoms with E-state index in [2.05, 4.69) is 85.8 Å². The molecule has 0 radical (unpaired) electrons. The van der Waals surface area contributed by atoms with Crippen molar-refractivity contribution in [2.24, 2.45) is 5.92 Å². The minimum absolute atomic E-state index is 0.704. The molecule has 0 atom stereocenters. The molecule has 0 heterocycles. The van der Waals surface area contributed by atoms with E-state index in [1.165, 1.54) is 25.8 Å². The Hall–Kier alpha value is -0.830. The molecule has 0 saturated heterocycles. The van der Waals surface area contributed by atoms with Gasteiger partial charge in [-0.25, -0.2) is 0 Å². The van der Waals surface area contributed by atoms with Crippen molar-refractivity contribution in [2.45, 2.75) is 33.6 Å². The highest BCUT2D eigenvalue weighted by Gasteiger charge is 2.06. The van der Waals surface area contributed by atoms with Crippen LogP contribution in [-0.4, -0.2) is 0 Å². The van der Waals surface area contributed by atoms with Crippen molar-refractivity contribution in [3.63, 3.8) is 0 Å². The SMILES string of the molecule is CCc1ccc(-c2cc(CC(C)C)ccc2I)cc1. The van der Waals surface area contributed by atoms with Crippen LogP contribution >= 0.6 is 22.6 Å². The van der Waals surface area contributed by atoms with E-state index in [1.807, 2.05) is 0 Å². The first kappa shape index (κ1) is 14.6. The third-order valence-electron chi connectivity index (χ3n) is 3.35. The minimum Gasteiger partial charge on any atom is -0.0625 e. The van der Waals surface area contributed by atoms with Crippen molar-refractivity contribution in [3.8, 4) is 11.1 Å². The molecule has 2 rings (SSSR count). The molecule has 0 fully saturated rings. The van der Waals surface area contributed by atoms with Crippen molar-refractivity contribution >= 4 is 22.6 Å². The van der Waals surface area contributed by atoms with Gasteiger partial charge in [0.1, 0.15) is 0 Å². The summed E-state index contributed by atoms with van der Waals surface area (Å²) >= 11 is 2.43. The Kier molecular flexibility index (Phi) is 5.03. The lowest BCUT2D eigenvalue weighted by Gasteiger charge is -2.10. The normalized spacial score (nSPS) is 11.0. The highest BCUT2D eigenvalue weighted by atomic mass is 127. The fraction of sp³-hybridized carbons (Fsp3) is 0.333. The Labute approximate surface area is 130 Å². The van der Waals surface area contributed by atoms with Crippen molar-refractivity contribution in [2.75, 3.05) is 0 Å². The van der Waals surface area contributed by atoms with Gasteiger partial charge in [0.2, 0.25) is 0 Å². The Balaban J connectivity index is 2.36. The zero-order valence-corrected chi connectivity index (χ0v) is 14.1. The van der Waals surface area contributed by atoms with Gasteiger partial charge in [0.05, 0.1) is 0 Å². The molecular formula is C18H21I. The van der Waals surface area contributed by atoms with Gasteiger partial charge in [-0.15, -0.1) is 0 Å². The van der Waals surface area contributed by atoms with Crippen LogP contribution in [0, 0.1) is 9.49 Å². The monoisotopic (exact) mass is 364 g/mol. The fourth-order valence-electron chi connectivity index (χ4n) is 2.31. The number of hydrogen-bond acceptors (Lipinski definition) is 0. The molecule has 0 spiro atoms. The molecule has 0 aliphatic heterocycles. The van der Waals surface area contributed by atoms with Gasteiger partial charge in [0.15, 0.2) is 0 Å². The molecule has 2 aromatic rings. The second kappa shape index (κ2) is 6.56. The second-order valence-corrected chi connectivity index (χ2v) is 6.62. The van der Waals surface area contributed by atoms with Gasteiger partial charge in [0.25, 0.3) is 0 Å². The Morgan fingerprint density at radius 1 is 0.947 bits per heavy atom. The van der Waals surface area contributed by atoms with E-state index in [9.17, 15) is 0 Å². The lowest BCUT2D eigenvalue weighted by Crippen LogP contribution is -1.95. The summed E-state index contributed by atoms with van der Waals surface area (Å²) < 4.78 is 1.33. The second-order valence-electron chi connectivity index (χ2n) is 5.46. The first-order chi connectivity index (χ1) is 9.10. The van der Waals surface area contributed by atoms with E-state index in [-0.39, 0.29) is 0 Å². The topological polar surface area (TPSA) is 0 Å². The smallest absolute Gasteiger partial charge is 0.0208 e. The summed E-state index contributed by atoms with van der Waals surface area (Å²) in [6, 6.07) is 15.8. The Bertz CT molecular complexity index is 538. The van der Waals surface area contributed by atoms with E-state index in [1.54, 1.807) is 0 Å². The van der Waals surface area contributed by atoms with Crippen LogP contribution < -0.4 is 0 Å². The van der Waals surface area contributed by atoms with E-state index < -0.39 is 0 Å². The first-order valence-corrected chi connectivity index (χ1v) is 8.05. The van der Waals surface area contributed by atoms with Gasteiger partial charge >= 0.3 is 0 Å². The summed E-state index contributed by atoms with van der Waals surface area (Å²) in [6.45, 7) is 6.74. The summed E-state index contributed by atoms with van der Waals surface area (Å²) in [7, 11) is 0. The van der Waals surface area contributed by atoms with E-state index >= 15 is 0 Å². The van der Waals surface area contributed by atoms with Crippen LogP contribution in [0.4, 0.5) is 0 Å². The number of aryl methyl sites for hydroxylation is 1. The van der Waals surface area contributed by atoms with E-state index in [4.69, 9.17) is 0 Å². The van der Waals surface area contributed by atoms with E-state index in [0.29, 0.717) is 5.92 Å². The minimum atomic E-state index is 0.704. The molecule has 19 heavy (non-hydrogen) atoms. The largest absolute Gasteiger partial charge is 0.0625 e. The van der Waals surface area contributed by atoms with Crippen LogP contribution in [0.1, 0.15) is 31.9 Å². The van der Waals surface area contributed by atoms with Crippen molar-refractivity contribution < 1.29 is 0 Å². The van der Waals surface area contributed by atoms with Gasteiger partial charge in [-0.2, -0.15) is 0 Å². The van der Waals surface area contributed by atoms with Crippen LogP contribution in [-0.2, 0) is 12.8 Å². The average molecular weight is 364 g/mol. The lowest BCUT2D eigenvalue weighted by atomic mass is 9.97. The summed E-state index contributed by atoms with van der Waals surface area (Å²) in [5.41, 5.74) is 5.52. The highest BCUT2D eigenvalue weighted by molar-refractivity contribution is 14.1. The standard InChI is InChI=1S/C18H21I/c1-4-14-5-8-16(9-6-14)17-12-15(11-13(2)3)7-10-18(17)19/h5-10,12-13H,4,11H2,1-3H3. The van der Waals surface area contributed by atoms with Crippen LogP contribution in [0.15, 0.2) is 42.5 Å². The van der Waals surface area contributed by atoms with Gasteiger partial charge in [0, 0.05) is 3.57 Å². The van der Waals surface area contributed by atoms with Crippen molar-refractivity contribution in [1.82, 2.24) is 0 Å². The number of rotatable bonds is 4. The Morgan fingerprint density at radius 3 is 2.16 bits per heavy atom. The summed E-state index contributed by atoms with van der Waals surface area (Å²) in [6.07, 6.45) is 2.25. The maximum Gasteiger partial charge on any atom is 0.0208 e. The van der Waals surface area contributed by atoms with Gasteiger partial charge in [-0.1, -0.05) is 57.2 Å². The predicted molar refractivity (Wildman–Crippen MR) is 92.5 cm³/mol. The predicted octanol–water partition coefficient (Wildman–Crippen LogP) is 5.72. The Morgan fingerprint density at radius 2 is 1.58 bits per heavy atom. The third kappa shape index (κ3) is 3.82. The lowest BCUT2D eigenvalue weighted by molar-refractivity contribution is 0.647. The highest BCUT2D eigenvalue weighted by Crippen LogP contribution is 2.27. The summed E-state index contributed by atoms with van der Waals surface area (Å²) in [5.74, 6) is 0.704. The molecule has 1 heteroatoms. The number of hydrogen-bond donors (Lipinski definition) is 0. The molecule has 0 aliphatic carbocycles. The molecule has 100 valence electrons. The molecule has 0 unspecified atom stereocenters. The first-order valence-electron chi connectivity index (χ1n) is 6.98.